The van der Waals surface area contributed by atoms with Crippen molar-refractivity contribution in [3.8, 4) is 0 Å². The maximum Gasteiger partial charge on any atom is 0.433 e. The van der Waals surface area contributed by atoms with Gasteiger partial charge in [0.25, 0.3) is 0 Å². The molecule has 4 nitrogen and oxygen atoms in total. The molecule has 0 amide bonds. The van der Waals surface area contributed by atoms with Crippen molar-refractivity contribution < 1.29 is 23.1 Å². The average Bonchev–Trinajstić information content (AvgIpc) is 2.76. The second-order valence-electron chi connectivity index (χ2n) is 3.99. The summed E-state index contributed by atoms with van der Waals surface area (Å²) in [6, 6.07) is 6.16. The normalized spacial score (nSPS) is 11.6. The quantitative estimate of drug-likeness (QED) is 0.946. The third-order valence-electron chi connectivity index (χ3n) is 2.58. The lowest BCUT2D eigenvalue weighted by Crippen LogP contribution is -2.18. The van der Waals surface area contributed by atoms with Crippen LogP contribution in [0.5, 0.6) is 0 Å². The van der Waals surface area contributed by atoms with Crippen LogP contribution in [0.25, 0.3) is 0 Å². The number of rotatable bonds is 3. The highest BCUT2D eigenvalue weighted by Crippen LogP contribution is 2.32. The maximum atomic E-state index is 12.9. The van der Waals surface area contributed by atoms with Gasteiger partial charge in [0.2, 0.25) is 0 Å². The summed E-state index contributed by atoms with van der Waals surface area (Å²) in [5.74, 6) is -1.67. The Labute approximate surface area is 116 Å². The van der Waals surface area contributed by atoms with E-state index in [1.807, 2.05) is 0 Å². The van der Waals surface area contributed by atoms with Crippen LogP contribution in [0.15, 0.2) is 30.5 Å². The van der Waals surface area contributed by atoms with Crippen molar-refractivity contribution in [2.75, 3.05) is 0 Å². The van der Waals surface area contributed by atoms with Gasteiger partial charge in [-0.3, -0.25) is 4.68 Å². The number of carboxylic acids is 1. The van der Waals surface area contributed by atoms with Crippen LogP contribution >= 0.6 is 11.6 Å². The number of alkyl halides is 3. The van der Waals surface area contributed by atoms with Gasteiger partial charge in [0.05, 0.1) is 12.7 Å². The average molecular weight is 305 g/mol. The first-order chi connectivity index (χ1) is 9.29. The minimum atomic E-state index is -4.79. The predicted octanol–water partition coefficient (Wildman–Crippen LogP) is 3.30. The minimum absolute atomic E-state index is 0.195. The standard InChI is InChI=1S/C12H8ClF3N2O2/c13-8-3-1-7(2-4-8)6-18-10(12(14,15)16)9(5-17-18)11(19)20/h1-5H,6H2,(H,19,20). The first-order valence-corrected chi connectivity index (χ1v) is 5.77. The first-order valence-electron chi connectivity index (χ1n) is 5.40. The van der Waals surface area contributed by atoms with E-state index in [9.17, 15) is 18.0 Å². The zero-order chi connectivity index (χ0) is 14.9. The molecule has 0 atom stereocenters. The highest BCUT2D eigenvalue weighted by molar-refractivity contribution is 6.30. The molecule has 0 radical (unpaired) electrons. The Morgan fingerprint density at radius 2 is 1.90 bits per heavy atom. The molecule has 20 heavy (non-hydrogen) atoms. The molecule has 0 aliphatic rings. The van der Waals surface area contributed by atoms with Gasteiger partial charge in [0.15, 0.2) is 5.69 Å². The van der Waals surface area contributed by atoms with Gasteiger partial charge in [0.1, 0.15) is 5.56 Å². The number of carbonyl (C=O) groups is 1. The summed E-state index contributed by atoms with van der Waals surface area (Å²) in [5.41, 5.74) is -1.62. The number of aromatic nitrogens is 2. The fourth-order valence-corrected chi connectivity index (χ4v) is 1.85. The van der Waals surface area contributed by atoms with E-state index in [0.717, 1.165) is 0 Å². The number of benzene rings is 1. The van der Waals surface area contributed by atoms with Crippen LogP contribution < -0.4 is 0 Å². The maximum absolute atomic E-state index is 12.9. The monoisotopic (exact) mass is 304 g/mol. The van der Waals surface area contributed by atoms with Crippen LogP contribution in [-0.2, 0) is 12.7 Å². The molecule has 1 aromatic carbocycles. The third-order valence-corrected chi connectivity index (χ3v) is 2.84. The van der Waals surface area contributed by atoms with E-state index >= 15 is 0 Å². The Balaban J connectivity index is 2.42. The van der Waals surface area contributed by atoms with Crippen LogP contribution in [0.4, 0.5) is 13.2 Å². The Bertz CT molecular complexity index is 635. The van der Waals surface area contributed by atoms with E-state index in [2.05, 4.69) is 5.10 Å². The number of aromatic carboxylic acids is 1. The van der Waals surface area contributed by atoms with Gasteiger partial charge in [0, 0.05) is 5.02 Å². The lowest BCUT2D eigenvalue weighted by Gasteiger charge is -2.11. The number of hydrogen-bond acceptors (Lipinski definition) is 2. The van der Waals surface area contributed by atoms with Crippen molar-refractivity contribution in [1.29, 1.82) is 0 Å². The summed E-state index contributed by atoms with van der Waals surface area (Å²) in [4.78, 5) is 10.8. The van der Waals surface area contributed by atoms with Crippen molar-refractivity contribution in [2.45, 2.75) is 12.7 Å². The second kappa shape index (κ2) is 5.16. The van der Waals surface area contributed by atoms with Crippen LogP contribution in [0.3, 0.4) is 0 Å². The van der Waals surface area contributed by atoms with Gasteiger partial charge in [-0.25, -0.2) is 4.79 Å². The van der Waals surface area contributed by atoms with Crippen molar-refractivity contribution in [2.24, 2.45) is 0 Å². The van der Waals surface area contributed by atoms with Crippen LogP contribution in [0, 0.1) is 0 Å². The third kappa shape index (κ3) is 2.93. The molecule has 0 bridgehead atoms. The Morgan fingerprint density at radius 1 is 1.30 bits per heavy atom. The summed E-state index contributed by atoms with van der Waals surface area (Å²) in [6.07, 6.45) is -4.10. The molecule has 1 heterocycles. The van der Waals surface area contributed by atoms with E-state index < -0.39 is 23.4 Å². The van der Waals surface area contributed by atoms with Gasteiger partial charge < -0.3 is 5.11 Å². The zero-order valence-corrected chi connectivity index (χ0v) is 10.6. The lowest BCUT2D eigenvalue weighted by molar-refractivity contribution is -0.144. The summed E-state index contributed by atoms with van der Waals surface area (Å²) in [5, 5.41) is 12.7. The summed E-state index contributed by atoms with van der Waals surface area (Å²) >= 11 is 5.68. The minimum Gasteiger partial charge on any atom is -0.478 e. The van der Waals surface area contributed by atoms with Gasteiger partial charge in [-0.05, 0) is 17.7 Å². The fraction of sp³-hybridized carbons (Fsp3) is 0.167. The van der Waals surface area contributed by atoms with Crippen molar-refractivity contribution in [3.63, 3.8) is 0 Å². The molecule has 8 heteroatoms. The van der Waals surface area contributed by atoms with Crippen LogP contribution in [0.1, 0.15) is 21.6 Å². The molecule has 1 N–H and O–H groups in total. The van der Waals surface area contributed by atoms with Gasteiger partial charge >= 0.3 is 12.1 Å². The summed E-state index contributed by atoms with van der Waals surface area (Å²) < 4.78 is 39.4. The molecule has 0 saturated heterocycles. The molecule has 2 aromatic rings. The first kappa shape index (κ1) is 14.4. The Kier molecular flexibility index (Phi) is 3.71. The van der Waals surface area contributed by atoms with Gasteiger partial charge in [-0.15, -0.1) is 0 Å². The van der Waals surface area contributed by atoms with E-state index in [4.69, 9.17) is 16.7 Å². The Morgan fingerprint density at radius 3 is 2.40 bits per heavy atom. The van der Waals surface area contributed by atoms with Crippen molar-refractivity contribution in [3.05, 3.63) is 52.3 Å². The van der Waals surface area contributed by atoms with Crippen LogP contribution in [0.2, 0.25) is 5.02 Å². The Hall–Kier alpha value is -2.02. The van der Waals surface area contributed by atoms with E-state index in [0.29, 0.717) is 21.5 Å². The number of carboxylic acid groups (broad SMARTS) is 1. The smallest absolute Gasteiger partial charge is 0.433 e. The molecule has 0 saturated carbocycles. The molecule has 1 aromatic heterocycles. The zero-order valence-electron chi connectivity index (χ0n) is 9.86. The number of hydrogen-bond donors (Lipinski definition) is 1. The number of halogens is 4. The fourth-order valence-electron chi connectivity index (χ4n) is 1.72. The lowest BCUT2D eigenvalue weighted by atomic mass is 10.2. The van der Waals surface area contributed by atoms with E-state index in [1.165, 1.54) is 12.1 Å². The molecule has 106 valence electrons. The van der Waals surface area contributed by atoms with Gasteiger partial charge in [-0.1, -0.05) is 23.7 Å². The summed E-state index contributed by atoms with van der Waals surface area (Å²) in [7, 11) is 0. The van der Waals surface area contributed by atoms with Crippen molar-refractivity contribution >= 4 is 17.6 Å². The SMILES string of the molecule is O=C(O)c1cnn(Cc2ccc(Cl)cc2)c1C(F)(F)F. The predicted molar refractivity (Wildman–Crippen MR) is 64.7 cm³/mol. The molecule has 0 unspecified atom stereocenters. The van der Waals surface area contributed by atoms with E-state index in [-0.39, 0.29) is 6.54 Å². The second-order valence-corrected chi connectivity index (χ2v) is 4.43. The molecule has 2 rings (SSSR count). The highest BCUT2D eigenvalue weighted by Gasteiger charge is 2.40. The van der Waals surface area contributed by atoms with Crippen LogP contribution in [-0.4, -0.2) is 20.9 Å². The van der Waals surface area contributed by atoms with Crippen molar-refractivity contribution in [1.82, 2.24) is 9.78 Å². The molecule has 0 aliphatic carbocycles. The largest absolute Gasteiger partial charge is 0.478 e. The molecular weight excluding hydrogens is 297 g/mol. The van der Waals surface area contributed by atoms with Gasteiger partial charge in [-0.2, -0.15) is 18.3 Å². The topological polar surface area (TPSA) is 55.1 Å². The number of nitrogens with zero attached hydrogens (tertiary/aromatic N) is 2. The molecule has 0 aliphatic heterocycles. The van der Waals surface area contributed by atoms with E-state index in [1.54, 1.807) is 12.1 Å². The molecule has 0 fully saturated rings. The molecule has 0 spiro atoms. The molecular formula is C12H8ClF3N2O2. The summed E-state index contributed by atoms with van der Waals surface area (Å²) in [6.45, 7) is -0.195. The highest BCUT2D eigenvalue weighted by atomic mass is 35.5.